The lowest BCUT2D eigenvalue weighted by molar-refractivity contribution is 1.18. The molecule has 8 rings (SSSR count). The highest BCUT2D eigenvalue weighted by atomic mass is 15.1. The van der Waals surface area contributed by atoms with Crippen LogP contribution in [0, 0.1) is 0 Å². The third-order valence-electron chi connectivity index (χ3n) is 9.48. The lowest BCUT2D eigenvalue weighted by Gasteiger charge is -2.26. The highest BCUT2D eigenvalue weighted by Gasteiger charge is 2.15. The molecule has 0 saturated carbocycles. The van der Waals surface area contributed by atoms with Crippen LogP contribution in [0.3, 0.4) is 0 Å². The van der Waals surface area contributed by atoms with Crippen molar-refractivity contribution in [1.82, 2.24) is 0 Å². The predicted molar refractivity (Wildman–Crippen MR) is 226 cm³/mol. The Labute approximate surface area is 313 Å². The maximum Gasteiger partial charge on any atom is 0.0462 e. The standard InChI is InChI=1S/C51H40N2/c1-5-13-40(14-6-1)21-22-41-23-31-48(32-24-41)52(46-17-9-3-10-18-46)50-35-27-44(28-36-50)45-29-37-51(38-30-45)53(47-19-11-4-12-20-47)49-33-25-43(26-34-49)39-42-15-7-2-8-16-42/h1-38H,39H2. The highest BCUT2D eigenvalue weighted by Crippen LogP contribution is 2.38. The van der Waals surface area contributed by atoms with Crippen molar-refractivity contribution in [3.05, 3.63) is 241 Å². The van der Waals surface area contributed by atoms with Gasteiger partial charge in [-0.3, -0.25) is 0 Å². The van der Waals surface area contributed by atoms with Crippen LogP contribution in [0.5, 0.6) is 0 Å². The summed E-state index contributed by atoms with van der Waals surface area (Å²) in [4.78, 5) is 4.63. The van der Waals surface area contributed by atoms with Crippen LogP contribution >= 0.6 is 0 Å². The second-order valence-corrected chi connectivity index (χ2v) is 13.1. The second kappa shape index (κ2) is 16.0. The minimum atomic E-state index is 0.919. The van der Waals surface area contributed by atoms with E-state index in [1.807, 2.05) is 6.07 Å². The minimum Gasteiger partial charge on any atom is -0.311 e. The summed E-state index contributed by atoms with van der Waals surface area (Å²) in [5, 5.41) is 0. The lowest BCUT2D eigenvalue weighted by Crippen LogP contribution is -2.10. The number of anilines is 6. The van der Waals surface area contributed by atoms with Gasteiger partial charge >= 0.3 is 0 Å². The molecule has 0 heterocycles. The average Bonchev–Trinajstić information content (AvgIpc) is 3.23. The number of para-hydroxylation sites is 2. The Morgan fingerprint density at radius 2 is 0.566 bits per heavy atom. The van der Waals surface area contributed by atoms with Gasteiger partial charge in [0.05, 0.1) is 0 Å². The van der Waals surface area contributed by atoms with E-state index in [9.17, 15) is 0 Å². The van der Waals surface area contributed by atoms with Gasteiger partial charge in [0.25, 0.3) is 0 Å². The van der Waals surface area contributed by atoms with Crippen molar-refractivity contribution in [2.75, 3.05) is 9.80 Å². The molecule has 0 aliphatic rings. The van der Waals surface area contributed by atoms with Crippen molar-refractivity contribution in [2.24, 2.45) is 0 Å². The fraction of sp³-hybridized carbons (Fsp3) is 0.0196. The molecule has 2 heteroatoms. The smallest absolute Gasteiger partial charge is 0.0462 e. The molecule has 2 nitrogen and oxygen atoms in total. The van der Waals surface area contributed by atoms with Crippen molar-refractivity contribution in [1.29, 1.82) is 0 Å². The van der Waals surface area contributed by atoms with Crippen molar-refractivity contribution in [3.8, 4) is 11.1 Å². The SMILES string of the molecule is C(=Cc1ccc(N(c2ccccc2)c2ccc(-c3ccc(N(c4ccccc4)c4ccc(Cc5ccccc5)cc4)cc3)cc2)cc1)c1ccccc1. The lowest BCUT2D eigenvalue weighted by atomic mass is 10.0. The van der Waals surface area contributed by atoms with Gasteiger partial charge in [0.2, 0.25) is 0 Å². The predicted octanol–water partition coefficient (Wildman–Crippen LogP) is 14.1. The van der Waals surface area contributed by atoms with E-state index in [-0.39, 0.29) is 0 Å². The van der Waals surface area contributed by atoms with E-state index in [0.29, 0.717) is 0 Å². The van der Waals surface area contributed by atoms with E-state index >= 15 is 0 Å². The van der Waals surface area contributed by atoms with E-state index in [4.69, 9.17) is 0 Å². The van der Waals surface area contributed by atoms with Gasteiger partial charge < -0.3 is 9.80 Å². The summed E-state index contributed by atoms with van der Waals surface area (Å²) in [5.41, 5.74) is 14.0. The van der Waals surface area contributed by atoms with Crippen LogP contribution in [-0.4, -0.2) is 0 Å². The molecular weight excluding hydrogens is 641 g/mol. The first-order valence-corrected chi connectivity index (χ1v) is 18.1. The summed E-state index contributed by atoms with van der Waals surface area (Å²) in [7, 11) is 0. The van der Waals surface area contributed by atoms with Gasteiger partial charge in [0, 0.05) is 34.1 Å². The molecule has 53 heavy (non-hydrogen) atoms. The van der Waals surface area contributed by atoms with Gasteiger partial charge in [-0.05, 0) is 113 Å². The summed E-state index contributed by atoms with van der Waals surface area (Å²) in [6.07, 6.45) is 5.23. The number of hydrogen-bond acceptors (Lipinski definition) is 2. The summed E-state index contributed by atoms with van der Waals surface area (Å²) in [6.45, 7) is 0. The Morgan fingerprint density at radius 3 is 1.00 bits per heavy atom. The maximum absolute atomic E-state index is 2.32. The third kappa shape index (κ3) is 8.04. The van der Waals surface area contributed by atoms with Crippen LogP contribution in [-0.2, 0) is 6.42 Å². The Kier molecular flexibility index (Phi) is 10.0. The molecule has 0 aliphatic carbocycles. The van der Waals surface area contributed by atoms with E-state index < -0.39 is 0 Å². The van der Waals surface area contributed by atoms with Gasteiger partial charge in [-0.25, -0.2) is 0 Å². The van der Waals surface area contributed by atoms with E-state index in [0.717, 1.165) is 46.1 Å². The molecule has 0 fully saturated rings. The monoisotopic (exact) mass is 680 g/mol. The summed E-state index contributed by atoms with van der Waals surface area (Å²) in [6, 6.07) is 77.6. The zero-order valence-electron chi connectivity index (χ0n) is 29.5. The van der Waals surface area contributed by atoms with Crippen LogP contribution in [0.15, 0.2) is 218 Å². The second-order valence-electron chi connectivity index (χ2n) is 13.1. The average molecular weight is 681 g/mol. The van der Waals surface area contributed by atoms with Gasteiger partial charge in [-0.2, -0.15) is 0 Å². The van der Waals surface area contributed by atoms with Crippen LogP contribution in [0.1, 0.15) is 22.3 Å². The van der Waals surface area contributed by atoms with Crippen molar-refractivity contribution < 1.29 is 0 Å². The number of rotatable bonds is 11. The van der Waals surface area contributed by atoms with Crippen LogP contribution in [0.2, 0.25) is 0 Å². The first-order valence-electron chi connectivity index (χ1n) is 18.1. The van der Waals surface area contributed by atoms with E-state index in [1.165, 1.54) is 27.8 Å². The molecule has 0 aliphatic heterocycles. The Hall–Kier alpha value is -6.90. The zero-order valence-corrected chi connectivity index (χ0v) is 29.5. The summed E-state index contributed by atoms with van der Waals surface area (Å²) >= 11 is 0. The van der Waals surface area contributed by atoms with Crippen LogP contribution in [0.4, 0.5) is 34.1 Å². The first kappa shape index (κ1) is 33.3. The molecule has 8 aromatic carbocycles. The van der Waals surface area contributed by atoms with Gasteiger partial charge in [0.1, 0.15) is 0 Å². The molecule has 0 radical (unpaired) electrons. The molecule has 0 spiro atoms. The zero-order chi connectivity index (χ0) is 35.7. The molecule has 0 N–H and O–H groups in total. The fourth-order valence-electron chi connectivity index (χ4n) is 6.74. The van der Waals surface area contributed by atoms with Crippen LogP contribution in [0.25, 0.3) is 23.3 Å². The van der Waals surface area contributed by atoms with Gasteiger partial charge in [-0.15, -0.1) is 0 Å². The van der Waals surface area contributed by atoms with E-state index in [2.05, 4.69) is 234 Å². The third-order valence-corrected chi connectivity index (χ3v) is 9.48. The molecule has 0 atom stereocenters. The quantitative estimate of drug-likeness (QED) is 0.125. The molecule has 0 bridgehead atoms. The molecule has 0 unspecified atom stereocenters. The normalized spacial score (nSPS) is 11.0. The highest BCUT2D eigenvalue weighted by molar-refractivity contribution is 5.81. The van der Waals surface area contributed by atoms with Crippen molar-refractivity contribution in [2.45, 2.75) is 6.42 Å². The van der Waals surface area contributed by atoms with Gasteiger partial charge in [-0.1, -0.05) is 158 Å². The largest absolute Gasteiger partial charge is 0.311 e. The first-order chi connectivity index (χ1) is 26.3. The number of benzene rings is 8. The molecule has 0 amide bonds. The maximum atomic E-state index is 2.32. The number of nitrogens with zero attached hydrogens (tertiary/aromatic N) is 2. The fourth-order valence-corrected chi connectivity index (χ4v) is 6.74. The van der Waals surface area contributed by atoms with E-state index in [1.54, 1.807) is 0 Å². The summed E-state index contributed by atoms with van der Waals surface area (Å²) < 4.78 is 0. The number of hydrogen-bond donors (Lipinski definition) is 0. The Balaban J connectivity index is 1.04. The van der Waals surface area contributed by atoms with Crippen LogP contribution < -0.4 is 9.80 Å². The Bertz CT molecular complexity index is 2350. The van der Waals surface area contributed by atoms with Gasteiger partial charge in [0.15, 0.2) is 0 Å². The molecule has 0 saturated heterocycles. The van der Waals surface area contributed by atoms with Crippen molar-refractivity contribution >= 4 is 46.3 Å². The van der Waals surface area contributed by atoms with Crippen molar-refractivity contribution in [3.63, 3.8) is 0 Å². The molecular formula is C51H40N2. The molecule has 254 valence electrons. The molecule has 0 aromatic heterocycles. The topological polar surface area (TPSA) is 6.48 Å². The Morgan fingerprint density at radius 1 is 0.264 bits per heavy atom. The molecule has 8 aromatic rings. The minimum absolute atomic E-state index is 0.919. The summed E-state index contributed by atoms with van der Waals surface area (Å²) in [5.74, 6) is 0.